The van der Waals surface area contributed by atoms with Crippen molar-refractivity contribution in [2.45, 2.75) is 34.1 Å². The molecular weight excluding hydrogens is 268 g/mol. The average molecular weight is 294 g/mol. The van der Waals surface area contributed by atoms with E-state index in [0.29, 0.717) is 0 Å². The zero-order chi connectivity index (χ0) is 16.1. The van der Waals surface area contributed by atoms with E-state index in [4.69, 9.17) is 0 Å². The van der Waals surface area contributed by atoms with Gasteiger partial charge in [-0.1, -0.05) is 35.9 Å². The maximum atomic E-state index is 4.60. The van der Waals surface area contributed by atoms with E-state index in [0.717, 1.165) is 18.7 Å². The van der Waals surface area contributed by atoms with E-state index >= 15 is 0 Å². The molecule has 2 nitrogen and oxygen atoms in total. The summed E-state index contributed by atoms with van der Waals surface area (Å²) >= 11 is 0. The topological polar surface area (TPSA) is 15.6 Å². The molecule has 0 bridgehead atoms. The first-order valence-electron chi connectivity index (χ1n) is 7.89. The highest BCUT2D eigenvalue weighted by atomic mass is 15.1. The fourth-order valence-corrected chi connectivity index (χ4v) is 2.36. The van der Waals surface area contributed by atoms with Crippen molar-refractivity contribution in [1.29, 1.82) is 0 Å². The molecule has 0 radical (unpaired) electrons. The lowest BCUT2D eigenvalue weighted by Crippen LogP contribution is -2.14. The van der Waals surface area contributed by atoms with Crippen LogP contribution >= 0.6 is 0 Å². The van der Waals surface area contributed by atoms with Crippen molar-refractivity contribution >= 4 is 12.0 Å². The van der Waals surface area contributed by atoms with E-state index in [1.807, 2.05) is 13.4 Å². The fourth-order valence-electron chi connectivity index (χ4n) is 2.36. The van der Waals surface area contributed by atoms with E-state index in [1.165, 1.54) is 27.8 Å². The molecule has 0 amide bonds. The SMILES string of the molecule is CCN(C)C=Nc1cc(C)c(Cc2ccc(C)cc2)cc1C. The minimum atomic E-state index is 0.965. The van der Waals surface area contributed by atoms with Crippen molar-refractivity contribution < 1.29 is 0 Å². The summed E-state index contributed by atoms with van der Waals surface area (Å²) in [4.78, 5) is 6.68. The van der Waals surface area contributed by atoms with Crippen LogP contribution in [0.4, 0.5) is 5.69 Å². The van der Waals surface area contributed by atoms with E-state index in [1.54, 1.807) is 0 Å². The van der Waals surface area contributed by atoms with Crippen molar-refractivity contribution in [3.05, 3.63) is 64.2 Å². The summed E-state index contributed by atoms with van der Waals surface area (Å²) in [5, 5.41) is 0. The summed E-state index contributed by atoms with van der Waals surface area (Å²) < 4.78 is 0. The Hall–Kier alpha value is -2.09. The van der Waals surface area contributed by atoms with Gasteiger partial charge in [-0.05, 0) is 62.4 Å². The molecule has 0 N–H and O–H groups in total. The van der Waals surface area contributed by atoms with Crippen LogP contribution in [-0.4, -0.2) is 24.8 Å². The van der Waals surface area contributed by atoms with Gasteiger partial charge in [-0.2, -0.15) is 0 Å². The number of aryl methyl sites for hydroxylation is 3. The Bertz CT molecular complexity index is 654. The molecule has 0 atom stereocenters. The Balaban J connectivity index is 2.22. The molecule has 0 aliphatic rings. The number of aliphatic imine (C=N–C) groups is 1. The molecule has 0 aliphatic carbocycles. The second-order valence-corrected chi connectivity index (χ2v) is 6.05. The van der Waals surface area contributed by atoms with E-state index in [9.17, 15) is 0 Å². The monoisotopic (exact) mass is 294 g/mol. The largest absolute Gasteiger partial charge is 0.366 e. The predicted molar refractivity (Wildman–Crippen MR) is 96.4 cm³/mol. The molecule has 0 spiro atoms. The predicted octanol–water partition coefficient (Wildman–Crippen LogP) is 4.81. The van der Waals surface area contributed by atoms with E-state index < -0.39 is 0 Å². The summed E-state index contributed by atoms with van der Waals surface area (Å²) in [5.41, 5.74) is 7.64. The minimum absolute atomic E-state index is 0.965. The van der Waals surface area contributed by atoms with Crippen LogP contribution in [0.2, 0.25) is 0 Å². The van der Waals surface area contributed by atoms with Crippen molar-refractivity contribution in [3.8, 4) is 0 Å². The van der Waals surface area contributed by atoms with Crippen molar-refractivity contribution in [1.82, 2.24) is 4.90 Å². The van der Waals surface area contributed by atoms with Gasteiger partial charge in [0.15, 0.2) is 0 Å². The van der Waals surface area contributed by atoms with Gasteiger partial charge in [0, 0.05) is 13.6 Å². The highest BCUT2D eigenvalue weighted by Crippen LogP contribution is 2.25. The third-order valence-electron chi connectivity index (χ3n) is 4.06. The molecule has 0 unspecified atom stereocenters. The first-order chi connectivity index (χ1) is 10.5. The second kappa shape index (κ2) is 7.26. The normalized spacial score (nSPS) is 11.1. The molecule has 2 aromatic carbocycles. The molecule has 116 valence electrons. The summed E-state index contributed by atoms with van der Waals surface area (Å²) in [7, 11) is 2.04. The van der Waals surface area contributed by atoms with Crippen LogP contribution in [0.1, 0.15) is 34.7 Å². The lowest BCUT2D eigenvalue weighted by atomic mass is 9.97. The van der Waals surface area contributed by atoms with E-state index in [-0.39, 0.29) is 0 Å². The van der Waals surface area contributed by atoms with Crippen LogP contribution in [0.3, 0.4) is 0 Å². The van der Waals surface area contributed by atoms with Crippen LogP contribution in [-0.2, 0) is 6.42 Å². The highest BCUT2D eigenvalue weighted by Gasteiger charge is 2.05. The first kappa shape index (κ1) is 16.3. The lowest BCUT2D eigenvalue weighted by molar-refractivity contribution is 0.552. The summed E-state index contributed by atoms with van der Waals surface area (Å²) in [5.74, 6) is 0. The van der Waals surface area contributed by atoms with Crippen LogP contribution in [0, 0.1) is 20.8 Å². The Morgan fingerprint density at radius 1 is 1.00 bits per heavy atom. The quantitative estimate of drug-likeness (QED) is 0.570. The number of rotatable bonds is 5. The molecule has 22 heavy (non-hydrogen) atoms. The van der Waals surface area contributed by atoms with Crippen LogP contribution in [0.5, 0.6) is 0 Å². The van der Waals surface area contributed by atoms with Crippen LogP contribution < -0.4 is 0 Å². The fraction of sp³-hybridized carbons (Fsp3) is 0.350. The third-order valence-corrected chi connectivity index (χ3v) is 4.06. The molecule has 0 fully saturated rings. The molecule has 2 aromatic rings. The average Bonchev–Trinajstić information content (AvgIpc) is 2.51. The maximum Gasteiger partial charge on any atom is 0.0909 e. The number of nitrogens with zero attached hydrogens (tertiary/aromatic N) is 2. The lowest BCUT2D eigenvalue weighted by Gasteiger charge is -2.12. The molecular formula is C20H26N2. The molecule has 0 saturated carbocycles. The molecule has 0 aromatic heterocycles. The molecule has 0 saturated heterocycles. The number of hydrogen-bond acceptors (Lipinski definition) is 1. The van der Waals surface area contributed by atoms with Gasteiger partial charge in [-0.3, -0.25) is 0 Å². The molecule has 0 heterocycles. The van der Waals surface area contributed by atoms with Crippen LogP contribution in [0.25, 0.3) is 0 Å². The van der Waals surface area contributed by atoms with Crippen molar-refractivity contribution in [2.75, 3.05) is 13.6 Å². The third kappa shape index (κ3) is 4.20. The smallest absolute Gasteiger partial charge is 0.0909 e. The van der Waals surface area contributed by atoms with Gasteiger partial charge in [-0.25, -0.2) is 4.99 Å². The van der Waals surface area contributed by atoms with Gasteiger partial charge in [0.1, 0.15) is 0 Å². The van der Waals surface area contributed by atoms with Gasteiger partial charge >= 0.3 is 0 Å². The Kier molecular flexibility index (Phi) is 5.37. The zero-order valence-electron chi connectivity index (χ0n) is 14.4. The standard InChI is InChI=1S/C20H26N2/c1-6-22(5)14-21-20-12-16(3)19(11-17(20)4)13-18-9-7-15(2)8-10-18/h7-12,14H,6,13H2,1-5H3. The van der Waals surface area contributed by atoms with Crippen LogP contribution in [0.15, 0.2) is 41.4 Å². The van der Waals surface area contributed by atoms with E-state index in [2.05, 4.69) is 74.0 Å². The molecule has 2 heteroatoms. The summed E-state index contributed by atoms with van der Waals surface area (Å²) in [6, 6.07) is 13.2. The molecule has 2 rings (SSSR count). The Morgan fingerprint density at radius 2 is 1.68 bits per heavy atom. The number of hydrogen-bond donors (Lipinski definition) is 0. The molecule has 0 aliphatic heterocycles. The van der Waals surface area contributed by atoms with Gasteiger partial charge in [0.2, 0.25) is 0 Å². The maximum absolute atomic E-state index is 4.60. The van der Waals surface area contributed by atoms with Gasteiger partial charge in [-0.15, -0.1) is 0 Å². The second-order valence-electron chi connectivity index (χ2n) is 6.05. The summed E-state index contributed by atoms with van der Waals surface area (Å²) in [6.07, 6.45) is 2.88. The van der Waals surface area contributed by atoms with Gasteiger partial charge < -0.3 is 4.90 Å². The van der Waals surface area contributed by atoms with Crippen molar-refractivity contribution in [3.63, 3.8) is 0 Å². The Labute approximate surface area is 134 Å². The summed E-state index contributed by atoms with van der Waals surface area (Å²) in [6.45, 7) is 9.52. The first-order valence-corrected chi connectivity index (χ1v) is 7.89. The van der Waals surface area contributed by atoms with Gasteiger partial charge in [0.05, 0.1) is 12.0 Å². The van der Waals surface area contributed by atoms with Gasteiger partial charge in [0.25, 0.3) is 0 Å². The zero-order valence-corrected chi connectivity index (χ0v) is 14.4. The highest BCUT2D eigenvalue weighted by molar-refractivity contribution is 5.64. The Morgan fingerprint density at radius 3 is 2.32 bits per heavy atom. The van der Waals surface area contributed by atoms with Crippen molar-refractivity contribution in [2.24, 2.45) is 4.99 Å². The number of benzene rings is 2. The minimum Gasteiger partial charge on any atom is -0.366 e.